The molecule has 1 saturated heterocycles. The van der Waals surface area contributed by atoms with Gasteiger partial charge in [0, 0.05) is 12.5 Å². The third-order valence-corrected chi connectivity index (χ3v) is 4.97. The number of methoxy groups -OCH3 is 1. The van der Waals surface area contributed by atoms with Crippen LogP contribution in [-0.2, 0) is 0 Å². The van der Waals surface area contributed by atoms with Crippen molar-refractivity contribution in [2.24, 2.45) is 5.92 Å². The largest absolute Gasteiger partial charge is 0.497 e. The number of hydrogen-bond donors (Lipinski definition) is 0. The Morgan fingerprint density at radius 3 is 2.25 bits per heavy atom. The Balaban J connectivity index is 0.00000280. The van der Waals surface area contributed by atoms with Crippen molar-refractivity contribution in [1.82, 2.24) is 4.90 Å². The van der Waals surface area contributed by atoms with Crippen LogP contribution in [-0.4, -0.2) is 44.4 Å². The highest BCUT2D eigenvalue weighted by Crippen LogP contribution is 2.34. The van der Waals surface area contributed by atoms with Crippen LogP contribution in [0.4, 0.5) is 13.2 Å². The van der Waals surface area contributed by atoms with E-state index in [0.29, 0.717) is 31.9 Å². The zero-order valence-corrected chi connectivity index (χ0v) is 16.5. The molecule has 2 atom stereocenters. The molecule has 1 aliphatic rings. The maximum atomic E-state index is 12.8. The number of piperidine rings is 1. The quantitative estimate of drug-likeness (QED) is 0.650. The number of ether oxygens (including phenoxy) is 2. The zero-order valence-electron chi connectivity index (χ0n) is 15.7. The average molecular weight is 416 g/mol. The van der Waals surface area contributed by atoms with Gasteiger partial charge in [0.1, 0.15) is 11.5 Å². The van der Waals surface area contributed by atoms with Crippen LogP contribution in [0.2, 0.25) is 0 Å². The van der Waals surface area contributed by atoms with Crippen LogP contribution in [0.5, 0.6) is 11.5 Å². The minimum Gasteiger partial charge on any atom is -0.497 e. The van der Waals surface area contributed by atoms with Gasteiger partial charge in [-0.25, -0.2) is 0 Å². The number of likely N-dealkylation sites (tertiary alicyclic amines) is 1. The second-order valence-electron chi connectivity index (χ2n) is 6.90. The van der Waals surface area contributed by atoms with Crippen molar-refractivity contribution >= 4 is 12.4 Å². The van der Waals surface area contributed by atoms with Crippen LogP contribution < -0.4 is 9.47 Å². The Bertz CT molecular complexity index is 710. The molecule has 3 nitrogen and oxygen atoms in total. The van der Waals surface area contributed by atoms with Gasteiger partial charge in [-0.15, -0.1) is 12.4 Å². The molecule has 0 amide bonds. The first kappa shape index (κ1) is 22.4. The van der Waals surface area contributed by atoms with Gasteiger partial charge < -0.3 is 9.47 Å². The van der Waals surface area contributed by atoms with E-state index in [9.17, 15) is 13.2 Å². The summed E-state index contributed by atoms with van der Waals surface area (Å²) in [6.45, 7) is 0.321. The van der Waals surface area contributed by atoms with E-state index >= 15 is 0 Å². The number of nitrogens with zero attached hydrogens (tertiary/aromatic N) is 1. The molecule has 0 aromatic heterocycles. The Morgan fingerprint density at radius 2 is 1.64 bits per heavy atom. The summed E-state index contributed by atoms with van der Waals surface area (Å²) in [6, 6.07) is 17.2. The Labute approximate surface area is 169 Å². The highest BCUT2D eigenvalue weighted by molar-refractivity contribution is 5.85. The number of alkyl halides is 3. The Morgan fingerprint density at radius 1 is 1.00 bits per heavy atom. The van der Waals surface area contributed by atoms with Gasteiger partial charge in [0.2, 0.25) is 0 Å². The van der Waals surface area contributed by atoms with Crippen LogP contribution >= 0.6 is 12.4 Å². The summed E-state index contributed by atoms with van der Waals surface area (Å²) >= 11 is 0. The van der Waals surface area contributed by atoms with Gasteiger partial charge >= 0.3 is 6.18 Å². The molecule has 1 aliphatic heterocycles. The first-order valence-corrected chi connectivity index (χ1v) is 9.05. The van der Waals surface area contributed by atoms with Crippen molar-refractivity contribution in [3.8, 4) is 11.5 Å². The summed E-state index contributed by atoms with van der Waals surface area (Å²) in [6.07, 6.45) is -3.49. The molecule has 0 saturated carbocycles. The molecule has 0 unspecified atom stereocenters. The Kier molecular flexibility index (Phi) is 8.01. The predicted octanol–water partition coefficient (Wildman–Crippen LogP) is 5.16. The van der Waals surface area contributed by atoms with Crippen LogP contribution in [0.1, 0.15) is 17.9 Å². The minimum atomic E-state index is -4.18. The van der Waals surface area contributed by atoms with E-state index < -0.39 is 12.7 Å². The molecule has 2 aromatic rings. The summed E-state index contributed by atoms with van der Waals surface area (Å²) in [4.78, 5) is 1.49. The molecule has 0 radical (unpaired) electrons. The SMILES string of the molecule is COc1ccc(OC[C@H]2CN(CC(F)(F)F)CC[C@H]2c2ccccc2)cc1.Cl. The first-order chi connectivity index (χ1) is 12.9. The normalized spacial score (nSPS) is 20.3. The summed E-state index contributed by atoms with van der Waals surface area (Å²) < 4.78 is 49.5. The number of rotatable bonds is 6. The highest BCUT2D eigenvalue weighted by Gasteiger charge is 2.36. The smallest absolute Gasteiger partial charge is 0.401 e. The molecule has 0 spiro atoms. The van der Waals surface area contributed by atoms with Gasteiger partial charge in [0.05, 0.1) is 20.3 Å². The van der Waals surface area contributed by atoms with Gasteiger partial charge in [0.15, 0.2) is 0 Å². The lowest BCUT2D eigenvalue weighted by atomic mass is 9.81. The maximum Gasteiger partial charge on any atom is 0.401 e. The van der Waals surface area contributed by atoms with Crippen LogP contribution in [0, 0.1) is 5.92 Å². The summed E-state index contributed by atoms with van der Waals surface area (Å²) in [7, 11) is 1.59. The molecule has 2 aromatic carbocycles. The first-order valence-electron chi connectivity index (χ1n) is 9.05. The average Bonchev–Trinajstić information content (AvgIpc) is 2.66. The highest BCUT2D eigenvalue weighted by atomic mass is 35.5. The van der Waals surface area contributed by atoms with E-state index in [1.54, 1.807) is 19.2 Å². The standard InChI is InChI=1S/C21H24F3NO2.ClH/c1-26-18-7-9-19(10-8-18)27-14-17-13-25(15-21(22,23)24)12-11-20(17)16-5-3-2-4-6-16;/h2-10,17,20H,11-15H2,1H3;1H/t17-,20+;/m1./s1. The van der Waals surface area contributed by atoms with Crippen molar-refractivity contribution < 1.29 is 22.6 Å². The second kappa shape index (κ2) is 10.0. The molecule has 28 heavy (non-hydrogen) atoms. The molecule has 0 aliphatic carbocycles. The molecule has 1 fully saturated rings. The lowest BCUT2D eigenvalue weighted by Crippen LogP contribution is -2.45. The van der Waals surface area contributed by atoms with Crippen LogP contribution in [0.3, 0.4) is 0 Å². The second-order valence-corrected chi connectivity index (χ2v) is 6.90. The molecular weight excluding hydrogens is 391 g/mol. The third kappa shape index (κ3) is 6.31. The number of hydrogen-bond acceptors (Lipinski definition) is 3. The Hall–Kier alpha value is -1.92. The molecule has 1 heterocycles. The predicted molar refractivity (Wildman–Crippen MR) is 106 cm³/mol. The summed E-state index contributed by atoms with van der Waals surface area (Å²) in [5.74, 6) is 1.61. The number of benzene rings is 2. The lowest BCUT2D eigenvalue weighted by Gasteiger charge is -2.39. The third-order valence-electron chi connectivity index (χ3n) is 4.97. The fraction of sp³-hybridized carbons (Fsp3) is 0.429. The monoisotopic (exact) mass is 415 g/mol. The van der Waals surface area contributed by atoms with Gasteiger partial charge in [0.25, 0.3) is 0 Å². The van der Waals surface area contributed by atoms with E-state index in [0.717, 1.165) is 11.3 Å². The molecule has 7 heteroatoms. The van der Waals surface area contributed by atoms with E-state index in [1.165, 1.54) is 4.90 Å². The van der Waals surface area contributed by atoms with E-state index in [-0.39, 0.29) is 24.2 Å². The van der Waals surface area contributed by atoms with Crippen molar-refractivity contribution in [2.45, 2.75) is 18.5 Å². The molecule has 3 rings (SSSR count). The van der Waals surface area contributed by atoms with Gasteiger partial charge in [-0.05, 0) is 48.7 Å². The topological polar surface area (TPSA) is 21.7 Å². The zero-order chi connectivity index (χ0) is 19.3. The number of halogens is 4. The van der Waals surface area contributed by atoms with Crippen molar-refractivity contribution in [3.05, 3.63) is 60.2 Å². The molecule has 0 N–H and O–H groups in total. The molecular formula is C21H25ClF3NO2. The van der Waals surface area contributed by atoms with Gasteiger partial charge in [-0.3, -0.25) is 4.90 Å². The van der Waals surface area contributed by atoms with E-state index in [1.807, 2.05) is 42.5 Å². The molecule has 154 valence electrons. The summed E-state index contributed by atoms with van der Waals surface area (Å²) in [5, 5.41) is 0. The molecule has 0 bridgehead atoms. The maximum absolute atomic E-state index is 12.8. The van der Waals surface area contributed by atoms with E-state index in [2.05, 4.69) is 0 Å². The lowest BCUT2D eigenvalue weighted by molar-refractivity contribution is -0.150. The van der Waals surface area contributed by atoms with Gasteiger partial charge in [-0.2, -0.15) is 13.2 Å². The van der Waals surface area contributed by atoms with Crippen LogP contribution in [0.15, 0.2) is 54.6 Å². The van der Waals surface area contributed by atoms with Gasteiger partial charge in [-0.1, -0.05) is 30.3 Å². The van der Waals surface area contributed by atoms with Crippen LogP contribution in [0.25, 0.3) is 0 Å². The minimum absolute atomic E-state index is 0. The van der Waals surface area contributed by atoms with Crippen molar-refractivity contribution in [2.75, 3.05) is 33.4 Å². The fourth-order valence-corrected chi connectivity index (χ4v) is 3.69. The summed E-state index contributed by atoms with van der Waals surface area (Å²) in [5.41, 5.74) is 1.16. The van der Waals surface area contributed by atoms with E-state index in [4.69, 9.17) is 9.47 Å². The van der Waals surface area contributed by atoms with Crippen molar-refractivity contribution in [3.63, 3.8) is 0 Å². The van der Waals surface area contributed by atoms with Crippen molar-refractivity contribution in [1.29, 1.82) is 0 Å². The fourth-order valence-electron chi connectivity index (χ4n) is 3.69.